The molecule has 0 unspecified atom stereocenters. The lowest BCUT2D eigenvalue weighted by atomic mass is 10.3. The molecule has 0 aliphatic carbocycles. The van der Waals surface area contributed by atoms with Crippen LogP contribution in [0.5, 0.6) is 5.75 Å². The average molecular weight is 315 g/mol. The van der Waals surface area contributed by atoms with E-state index >= 15 is 0 Å². The van der Waals surface area contributed by atoms with Gasteiger partial charge in [-0.15, -0.1) is 0 Å². The zero-order valence-electron chi connectivity index (χ0n) is 9.82. The van der Waals surface area contributed by atoms with E-state index in [2.05, 4.69) is 15.9 Å². The van der Waals surface area contributed by atoms with E-state index in [-0.39, 0.29) is 24.7 Å². The molecule has 0 spiro atoms. The summed E-state index contributed by atoms with van der Waals surface area (Å²) in [5.41, 5.74) is 0. The summed E-state index contributed by atoms with van der Waals surface area (Å²) in [5, 5.41) is 8.40. The third-order valence-electron chi connectivity index (χ3n) is 2.24. The van der Waals surface area contributed by atoms with Crippen molar-refractivity contribution in [2.75, 3.05) is 20.2 Å². The minimum atomic E-state index is -0.446. The number of amides is 1. The third kappa shape index (κ3) is 4.34. The van der Waals surface area contributed by atoms with Gasteiger partial charge in [0.1, 0.15) is 11.6 Å². The Morgan fingerprint density at radius 3 is 2.94 bits per heavy atom. The molecule has 0 bridgehead atoms. The highest BCUT2D eigenvalue weighted by atomic mass is 79.9. The Morgan fingerprint density at radius 2 is 2.33 bits per heavy atom. The summed E-state index contributed by atoms with van der Waals surface area (Å²) in [7, 11) is 1.59. The van der Waals surface area contributed by atoms with Crippen LogP contribution in [0.15, 0.2) is 22.7 Å². The first-order valence-electron chi connectivity index (χ1n) is 5.23. The van der Waals surface area contributed by atoms with Crippen molar-refractivity contribution in [3.8, 4) is 11.8 Å². The number of ether oxygens (including phenoxy) is 1. The molecule has 0 radical (unpaired) electrons. The molecule has 0 N–H and O–H groups in total. The van der Waals surface area contributed by atoms with Gasteiger partial charge < -0.3 is 9.64 Å². The molecule has 0 fully saturated rings. The van der Waals surface area contributed by atoms with Crippen molar-refractivity contribution in [2.45, 2.75) is 6.42 Å². The number of halogens is 2. The van der Waals surface area contributed by atoms with E-state index in [9.17, 15) is 9.18 Å². The Hall–Kier alpha value is -1.61. The van der Waals surface area contributed by atoms with Gasteiger partial charge in [0, 0.05) is 19.7 Å². The van der Waals surface area contributed by atoms with E-state index in [1.54, 1.807) is 13.1 Å². The molecule has 0 atom stereocenters. The Kier molecular flexibility index (Phi) is 5.59. The fraction of sp³-hybridized carbons (Fsp3) is 0.333. The summed E-state index contributed by atoms with van der Waals surface area (Å²) in [4.78, 5) is 13.0. The van der Waals surface area contributed by atoms with Crippen molar-refractivity contribution in [1.82, 2.24) is 4.90 Å². The second-order valence-corrected chi connectivity index (χ2v) is 4.44. The lowest BCUT2D eigenvalue weighted by Crippen LogP contribution is -2.32. The number of nitrogens with zero attached hydrogens (tertiary/aromatic N) is 2. The number of carbonyl (C=O) groups excluding carboxylic acids is 1. The number of benzene rings is 1. The molecule has 1 aromatic carbocycles. The Balaban J connectivity index is 2.47. The van der Waals surface area contributed by atoms with Crippen LogP contribution in [0.25, 0.3) is 0 Å². The first-order valence-corrected chi connectivity index (χ1v) is 6.02. The maximum Gasteiger partial charge on any atom is 0.260 e. The molecule has 96 valence electrons. The van der Waals surface area contributed by atoms with Crippen LogP contribution >= 0.6 is 15.9 Å². The van der Waals surface area contributed by atoms with Crippen LogP contribution in [-0.4, -0.2) is 31.0 Å². The van der Waals surface area contributed by atoms with Gasteiger partial charge in [-0.2, -0.15) is 5.26 Å². The van der Waals surface area contributed by atoms with Crippen molar-refractivity contribution in [2.24, 2.45) is 0 Å². The highest BCUT2D eigenvalue weighted by Crippen LogP contribution is 2.20. The van der Waals surface area contributed by atoms with Crippen LogP contribution in [0.1, 0.15) is 6.42 Å². The molecular formula is C12H12BrFN2O2. The van der Waals surface area contributed by atoms with Crippen LogP contribution in [0.2, 0.25) is 0 Å². The summed E-state index contributed by atoms with van der Waals surface area (Å²) in [6.07, 6.45) is 0.273. The molecule has 0 heterocycles. The molecular weight excluding hydrogens is 303 g/mol. The van der Waals surface area contributed by atoms with Gasteiger partial charge in [-0.3, -0.25) is 4.79 Å². The zero-order valence-corrected chi connectivity index (χ0v) is 11.4. The molecule has 0 aliphatic heterocycles. The molecule has 1 aromatic rings. The van der Waals surface area contributed by atoms with Crippen LogP contribution in [0, 0.1) is 17.1 Å². The van der Waals surface area contributed by atoms with Gasteiger partial charge in [0.25, 0.3) is 5.91 Å². The van der Waals surface area contributed by atoms with Crippen molar-refractivity contribution in [3.05, 3.63) is 28.5 Å². The van der Waals surface area contributed by atoms with Crippen LogP contribution < -0.4 is 4.74 Å². The van der Waals surface area contributed by atoms with Crippen LogP contribution in [0.4, 0.5) is 4.39 Å². The predicted octanol–water partition coefficient (Wildman–Crippen LogP) is 2.34. The van der Waals surface area contributed by atoms with Gasteiger partial charge in [-0.05, 0) is 28.1 Å². The van der Waals surface area contributed by atoms with E-state index in [0.717, 1.165) is 0 Å². The van der Waals surface area contributed by atoms with Crippen molar-refractivity contribution >= 4 is 21.8 Å². The molecule has 4 nitrogen and oxygen atoms in total. The van der Waals surface area contributed by atoms with Gasteiger partial charge in [0.05, 0.1) is 17.0 Å². The Morgan fingerprint density at radius 1 is 1.61 bits per heavy atom. The number of hydrogen-bond acceptors (Lipinski definition) is 3. The molecule has 18 heavy (non-hydrogen) atoms. The lowest BCUT2D eigenvalue weighted by molar-refractivity contribution is -0.131. The molecule has 1 rings (SSSR count). The first-order chi connectivity index (χ1) is 8.54. The quantitative estimate of drug-likeness (QED) is 0.838. The number of nitriles is 1. The van der Waals surface area contributed by atoms with E-state index in [1.165, 1.54) is 17.0 Å². The van der Waals surface area contributed by atoms with Crippen molar-refractivity contribution in [1.29, 1.82) is 5.26 Å². The normalized spacial score (nSPS) is 9.67. The second kappa shape index (κ2) is 6.97. The Bertz CT molecular complexity index is 474. The highest BCUT2D eigenvalue weighted by Gasteiger charge is 2.09. The molecule has 0 saturated carbocycles. The summed E-state index contributed by atoms with van der Waals surface area (Å²) in [6.45, 7) is 0.177. The summed E-state index contributed by atoms with van der Waals surface area (Å²) < 4.78 is 18.7. The average Bonchev–Trinajstić information content (AvgIpc) is 2.36. The van der Waals surface area contributed by atoms with Crippen LogP contribution in [0.3, 0.4) is 0 Å². The van der Waals surface area contributed by atoms with E-state index in [4.69, 9.17) is 10.00 Å². The van der Waals surface area contributed by atoms with E-state index in [1.807, 2.05) is 6.07 Å². The minimum Gasteiger partial charge on any atom is -0.484 e. The van der Waals surface area contributed by atoms with Crippen LogP contribution in [-0.2, 0) is 4.79 Å². The molecule has 0 aliphatic rings. The number of hydrogen-bond donors (Lipinski definition) is 0. The third-order valence-corrected chi connectivity index (χ3v) is 2.88. The predicted molar refractivity (Wildman–Crippen MR) is 67.5 cm³/mol. The monoisotopic (exact) mass is 314 g/mol. The maximum atomic E-state index is 13.2. The largest absolute Gasteiger partial charge is 0.484 e. The second-order valence-electron chi connectivity index (χ2n) is 3.59. The first kappa shape index (κ1) is 14.5. The van der Waals surface area contributed by atoms with Gasteiger partial charge in [0.2, 0.25) is 0 Å². The number of likely N-dealkylation sites (N-methyl/N-ethyl adjacent to an activating group) is 1. The summed E-state index contributed by atoms with van der Waals surface area (Å²) in [6, 6.07) is 6.23. The molecule has 0 saturated heterocycles. The molecule has 6 heteroatoms. The lowest BCUT2D eigenvalue weighted by Gasteiger charge is -2.15. The van der Waals surface area contributed by atoms with Crippen molar-refractivity contribution in [3.63, 3.8) is 0 Å². The standard InChI is InChI=1S/C12H12BrFN2O2/c1-16(6-2-5-15)12(17)8-18-9-3-4-10(13)11(14)7-9/h3-4,7H,2,6,8H2,1H3. The fourth-order valence-electron chi connectivity index (χ4n) is 1.16. The smallest absolute Gasteiger partial charge is 0.260 e. The minimum absolute atomic E-state index is 0.178. The van der Waals surface area contributed by atoms with E-state index < -0.39 is 5.82 Å². The van der Waals surface area contributed by atoms with Gasteiger partial charge >= 0.3 is 0 Å². The van der Waals surface area contributed by atoms with Gasteiger partial charge in [0.15, 0.2) is 6.61 Å². The molecule has 0 aromatic heterocycles. The fourth-order valence-corrected chi connectivity index (χ4v) is 1.41. The Labute approximate surface area is 113 Å². The number of rotatable bonds is 5. The zero-order chi connectivity index (χ0) is 13.5. The van der Waals surface area contributed by atoms with Crippen molar-refractivity contribution < 1.29 is 13.9 Å². The maximum absolute atomic E-state index is 13.2. The van der Waals surface area contributed by atoms with E-state index in [0.29, 0.717) is 11.0 Å². The highest BCUT2D eigenvalue weighted by molar-refractivity contribution is 9.10. The topological polar surface area (TPSA) is 53.3 Å². The molecule has 1 amide bonds. The number of carbonyl (C=O) groups is 1. The van der Waals surface area contributed by atoms with Gasteiger partial charge in [-0.1, -0.05) is 0 Å². The summed E-state index contributed by atoms with van der Waals surface area (Å²) in [5.74, 6) is -0.413. The van der Waals surface area contributed by atoms with Gasteiger partial charge in [-0.25, -0.2) is 4.39 Å². The SMILES string of the molecule is CN(CCC#N)C(=O)COc1ccc(Br)c(F)c1. The summed E-state index contributed by atoms with van der Waals surface area (Å²) >= 11 is 3.02.